The molecular formula is C9H12ClF3N2. The largest absolute Gasteiger partial charge is 0.484 e. The van der Waals surface area contributed by atoms with Crippen LogP contribution in [-0.2, 0) is 0 Å². The standard InChI is InChI=1S/C9H11F3N2.ClH/c10-9(11,12)14-4-2-7-5-13-3-1-8(7)6-14;/h2,4,13H,1,3,5-6H2;1H. The van der Waals surface area contributed by atoms with E-state index in [2.05, 4.69) is 5.32 Å². The molecule has 2 heterocycles. The quantitative estimate of drug-likeness (QED) is 0.652. The summed E-state index contributed by atoms with van der Waals surface area (Å²) in [7, 11) is 0. The van der Waals surface area contributed by atoms with Crippen molar-refractivity contribution in [3.8, 4) is 0 Å². The van der Waals surface area contributed by atoms with Crippen molar-refractivity contribution in [1.29, 1.82) is 0 Å². The third-order valence-corrected chi connectivity index (χ3v) is 2.52. The first-order valence-electron chi connectivity index (χ1n) is 4.50. The summed E-state index contributed by atoms with van der Waals surface area (Å²) in [4.78, 5) is 0.428. The molecule has 0 saturated heterocycles. The monoisotopic (exact) mass is 240 g/mol. The van der Waals surface area contributed by atoms with Crippen LogP contribution in [0.4, 0.5) is 13.2 Å². The Hall–Kier alpha value is -0.680. The zero-order valence-corrected chi connectivity index (χ0v) is 8.79. The maximum Gasteiger partial charge on any atom is 0.484 e. The van der Waals surface area contributed by atoms with E-state index in [0.29, 0.717) is 17.9 Å². The number of hydrogen-bond acceptors (Lipinski definition) is 2. The lowest BCUT2D eigenvalue weighted by Crippen LogP contribution is -2.39. The first kappa shape index (κ1) is 12.4. The Morgan fingerprint density at radius 3 is 2.73 bits per heavy atom. The molecule has 6 heteroatoms. The maximum atomic E-state index is 12.3. The minimum absolute atomic E-state index is 0. The zero-order valence-electron chi connectivity index (χ0n) is 7.97. The Balaban J connectivity index is 0.00000112. The molecule has 1 N–H and O–H groups in total. The molecule has 15 heavy (non-hydrogen) atoms. The Morgan fingerprint density at radius 2 is 2.07 bits per heavy atom. The first-order chi connectivity index (χ1) is 6.57. The topological polar surface area (TPSA) is 15.3 Å². The molecule has 0 atom stereocenters. The predicted molar refractivity (Wildman–Crippen MR) is 53.7 cm³/mol. The summed E-state index contributed by atoms with van der Waals surface area (Å²) in [5.41, 5.74) is 1.92. The van der Waals surface area contributed by atoms with Crippen molar-refractivity contribution in [3.63, 3.8) is 0 Å². The lowest BCUT2D eigenvalue weighted by Gasteiger charge is -2.31. The van der Waals surface area contributed by atoms with Crippen molar-refractivity contribution < 1.29 is 13.2 Å². The van der Waals surface area contributed by atoms with E-state index in [9.17, 15) is 13.2 Å². The van der Waals surface area contributed by atoms with Gasteiger partial charge in [-0.25, -0.2) is 0 Å². The first-order valence-corrected chi connectivity index (χ1v) is 4.50. The van der Waals surface area contributed by atoms with Gasteiger partial charge in [0.2, 0.25) is 0 Å². The van der Waals surface area contributed by atoms with Crippen LogP contribution in [0.3, 0.4) is 0 Å². The molecule has 0 saturated carbocycles. The number of nitrogens with one attached hydrogen (secondary N) is 1. The molecule has 0 aromatic rings. The summed E-state index contributed by atoms with van der Waals surface area (Å²) in [5.74, 6) is 0. The van der Waals surface area contributed by atoms with Gasteiger partial charge in [0, 0.05) is 19.3 Å². The van der Waals surface area contributed by atoms with E-state index in [1.807, 2.05) is 0 Å². The highest BCUT2D eigenvalue weighted by Crippen LogP contribution is 2.28. The molecule has 2 aliphatic heterocycles. The summed E-state index contributed by atoms with van der Waals surface area (Å²) >= 11 is 0. The second-order valence-corrected chi connectivity index (χ2v) is 3.47. The second-order valence-electron chi connectivity index (χ2n) is 3.47. The minimum Gasteiger partial charge on any atom is -0.312 e. The Labute approximate surface area is 92.2 Å². The van der Waals surface area contributed by atoms with Crippen molar-refractivity contribution in [2.45, 2.75) is 12.7 Å². The van der Waals surface area contributed by atoms with Gasteiger partial charge in [0.05, 0.1) is 0 Å². The van der Waals surface area contributed by atoms with Crippen LogP contribution < -0.4 is 5.32 Å². The Kier molecular flexibility index (Phi) is 3.67. The number of halogens is 4. The van der Waals surface area contributed by atoms with Gasteiger partial charge in [-0.2, -0.15) is 13.2 Å². The van der Waals surface area contributed by atoms with Gasteiger partial charge in [-0.15, -0.1) is 12.4 Å². The molecule has 0 unspecified atom stereocenters. The van der Waals surface area contributed by atoms with Crippen molar-refractivity contribution in [2.75, 3.05) is 19.6 Å². The van der Waals surface area contributed by atoms with Gasteiger partial charge in [0.15, 0.2) is 0 Å². The average Bonchev–Trinajstić information content (AvgIpc) is 2.16. The normalized spacial score (nSPS) is 21.1. The number of hydrogen-bond donors (Lipinski definition) is 1. The Morgan fingerprint density at radius 1 is 1.33 bits per heavy atom. The van der Waals surface area contributed by atoms with Crippen LogP contribution in [0, 0.1) is 0 Å². The van der Waals surface area contributed by atoms with Gasteiger partial charge >= 0.3 is 6.30 Å². The van der Waals surface area contributed by atoms with Crippen LogP contribution in [0.5, 0.6) is 0 Å². The molecule has 0 fully saturated rings. The van der Waals surface area contributed by atoms with Crippen LogP contribution in [0.25, 0.3) is 0 Å². The maximum absolute atomic E-state index is 12.3. The van der Waals surface area contributed by atoms with Crippen LogP contribution in [-0.4, -0.2) is 30.8 Å². The minimum atomic E-state index is -4.25. The van der Waals surface area contributed by atoms with Crippen molar-refractivity contribution in [2.24, 2.45) is 0 Å². The molecule has 0 amide bonds. The molecule has 0 aromatic carbocycles. The van der Waals surface area contributed by atoms with E-state index >= 15 is 0 Å². The fraction of sp³-hybridized carbons (Fsp3) is 0.556. The molecule has 0 spiro atoms. The molecule has 2 nitrogen and oxygen atoms in total. The molecule has 0 bridgehead atoms. The smallest absolute Gasteiger partial charge is 0.312 e. The van der Waals surface area contributed by atoms with Gasteiger partial charge < -0.3 is 5.32 Å². The van der Waals surface area contributed by atoms with Gasteiger partial charge in [-0.3, -0.25) is 4.90 Å². The molecule has 2 aliphatic rings. The van der Waals surface area contributed by atoms with E-state index in [1.54, 1.807) is 6.08 Å². The zero-order chi connectivity index (χ0) is 10.2. The molecule has 86 valence electrons. The Bertz CT molecular complexity index is 296. The molecule has 0 aliphatic carbocycles. The molecule has 0 aromatic heterocycles. The van der Waals surface area contributed by atoms with Crippen LogP contribution in [0.1, 0.15) is 6.42 Å². The van der Waals surface area contributed by atoms with Crippen molar-refractivity contribution in [1.82, 2.24) is 10.2 Å². The fourth-order valence-corrected chi connectivity index (χ4v) is 1.72. The third kappa shape index (κ3) is 2.66. The van der Waals surface area contributed by atoms with E-state index in [-0.39, 0.29) is 19.0 Å². The van der Waals surface area contributed by atoms with Gasteiger partial charge in [0.25, 0.3) is 0 Å². The lowest BCUT2D eigenvalue weighted by atomic mass is 9.99. The van der Waals surface area contributed by atoms with Crippen LogP contribution in [0.15, 0.2) is 23.4 Å². The van der Waals surface area contributed by atoms with Gasteiger partial charge in [-0.1, -0.05) is 0 Å². The number of rotatable bonds is 0. The van der Waals surface area contributed by atoms with Crippen LogP contribution in [0.2, 0.25) is 0 Å². The lowest BCUT2D eigenvalue weighted by molar-refractivity contribution is -0.225. The number of alkyl halides is 3. The summed E-state index contributed by atoms with van der Waals surface area (Å²) < 4.78 is 37.0. The predicted octanol–water partition coefficient (Wildman–Crippen LogP) is 2.05. The average molecular weight is 241 g/mol. The second kappa shape index (κ2) is 4.45. The van der Waals surface area contributed by atoms with E-state index in [0.717, 1.165) is 23.9 Å². The van der Waals surface area contributed by atoms with Gasteiger partial charge in [-0.05, 0) is 30.2 Å². The van der Waals surface area contributed by atoms with Crippen molar-refractivity contribution in [3.05, 3.63) is 23.4 Å². The van der Waals surface area contributed by atoms with Gasteiger partial charge in [0.1, 0.15) is 0 Å². The van der Waals surface area contributed by atoms with Crippen molar-refractivity contribution >= 4 is 12.4 Å². The fourth-order valence-electron chi connectivity index (χ4n) is 1.72. The highest BCUT2D eigenvalue weighted by Gasteiger charge is 2.36. The number of nitrogens with zero attached hydrogens (tertiary/aromatic N) is 1. The summed E-state index contributed by atoms with van der Waals surface area (Å²) in [5, 5.41) is 3.13. The summed E-state index contributed by atoms with van der Waals surface area (Å²) in [6.45, 7) is 1.47. The van der Waals surface area contributed by atoms with E-state index < -0.39 is 6.30 Å². The van der Waals surface area contributed by atoms with E-state index in [1.165, 1.54) is 0 Å². The van der Waals surface area contributed by atoms with E-state index in [4.69, 9.17) is 0 Å². The summed E-state index contributed by atoms with van der Waals surface area (Å²) in [6.07, 6.45) is -0.865. The third-order valence-electron chi connectivity index (χ3n) is 2.52. The summed E-state index contributed by atoms with van der Waals surface area (Å²) in [6, 6.07) is 0. The highest BCUT2D eigenvalue weighted by atomic mass is 35.5. The SMILES string of the molecule is Cl.FC(F)(F)N1C=CC2=C(CCNC2)C1. The molecule has 2 rings (SSSR count). The van der Waals surface area contributed by atoms with Crippen LogP contribution >= 0.6 is 12.4 Å². The molecular weight excluding hydrogens is 229 g/mol. The highest BCUT2D eigenvalue weighted by molar-refractivity contribution is 5.85. The molecule has 0 radical (unpaired) electrons.